The van der Waals surface area contributed by atoms with Crippen molar-refractivity contribution < 1.29 is 14.2 Å². The van der Waals surface area contributed by atoms with Gasteiger partial charge in [0, 0.05) is 13.2 Å². The highest BCUT2D eigenvalue weighted by Crippen LogP contribution is 1.88. The predicted molar refractivity (Wildman–Crippen MR) is 72.4 cm³/mol. The lowest BCUT2D eigenvalue weighted by atomic mass is 10.4. The molecule has 2 N–H and O–H groups in total. The standard InChI is InChI=1S/C11H25NO3.C2H6/c1-2-3-6-13-8-10-15-11-9-14-7-4-5-12;1-2/h2-12H2,1H3;1-2H3. The Kier molecular flexibility index (Phi) is 23.9. The molecule has 4 nitrogen and oxygen atoms in total. The summed E-state index contributed by atoms with van der Waals surface area (Å²) in [6.07, 6.45) is 3.22. The second kappa shape index (κ2) is 21.2. The largest absolute Gasteiger partial charge is 0.379 e. The molecule has 0 heterocycles. The van der Waals surface area contributed by atoms with Crippen LogP contribution in [0.4, 0.5) is 0 Å². The van der Waals surface area contributed by atoms with Crippen LogP contribution < -0.4 is 5.73 Å². The normalized spacial score (nSPS) is 9.88. The van der Waals surface area contributed by atoms with Crippen LogP contribution in [0.5, 0.6) is 0 Å². The second-order valence-corrected chi connectivity index (χ2v) is 3.33. The van der Waals surface area contributed by atoms with Crippen molar-refractivity contribution in [2.24, 2.45) is 5.73 Å². The Balaban J connectivity index is 0. The van der Waals surface area contributed by atoms with Gasteiger partial charge < -0.3 is 19.9 Å². The van der Waals surface area contributed by atoms with Gasteiger partial charge in [0.25, 0.3) is 0 Å². The molecule has 0 amide bonds. The minimum Gasteiger partial charge on any atom is -0.379 e. The molecule has 0 saturated heterocycles. The van der Waals surface area contributed by atoms with Crippen molar-refractivity contribution >= 4 is 0 Å². The highest BCUT2D eigenvalue weighted by molar-refractivity contribution is 4.37. The molecule has 0 bridgehead atoms. The van der Waals surface area contributed by atoms with Crippen LogP contribution in [0.25, 0.3) is 0 Å². The zero-order valence-electron chi connectivity index (χ0n) is 11.9. The first-order chi connectivity index (χ1) is 8.41. The van der Waals surface area contributed by atoms with E-state index >= 15 is 0 Å². The van der Waals surface area contributed by atoms with E-state index in [-0.39, 0.29) is 0 Å². The van der Waals surface area contributed by atoms with Crippen LogP contribution in [0.2, 0.25) is 0 Å². The quantitative estimate of drug-likeness (QED) is 0.539. The van der Waals surface area contributed by atoms with Crippen molar-refractivity contribution in [3.05, 3.63) is 0 Å². The first kappa shape index (κ1) is 19.2. The van der Waals surface area contributed by atoms with E-state index in [1.807, 2.05) is 13.8 Å². The van der Waals surface area contributed by atoms with E-state index in [9.17, 15) is 0 Å². The number of rotatable bonds is 12. The number of unbranched alkanes of at least 4 members (excludes halogenated alkanes) is 1. The molecule has 0 aliphatic carbocycles. The van der Waals surface area contributed by atoms with Gasteiger partial charge in [-0.3, -0.25) is 0 Å². The minimum absolute atomic E-state index is 0.641. The second-order valence-electron chi connectivity index (χ2n) is 3.33. The summed E-state index contributed by atoms with van der Waals surface area (Å²) in [4.78, 5) is 0. The van der Waals surface area contributed by atoms with Crippen LogP contribution in [-0.2, 0) is 14.2 Å². The van der Waals surface area contributed by atoms with Crippen molar-refractivity contribution in [2.45, 2.75) is 40.0 Å². The van der Waals surface area contributed by atoms with E-state index in [0.29, 0.717) is 33.0 Å². The van der Waals surface area contributed by atoms with E-state index in [1.165, 1.54) is 6.42 Å². The van der Waals surface area contributed by atoms with Gasteiger partial charge in [0.15, 0.2) is 0 Å². The summed E-state index contributed by atoms with van der Waals surface area (Å²) in [6, 6.07) is 0. The van der Waals surface area contributed by atoms with Gasteiger partial charge in [-0.15, -0.1) is 0 Å². The Bertz CT molecular complexity index is 101. The number of nitrogens with two attached hydrogens (primary N) is 1. The fraction of sp³-hybridized carbons (Fsp3) is 1.00. The average molecular weight is 249 g/mol. The third-order valence-corrected chi connectivity index (χ3v) is 1.88. The zero-order chi connectivity index (χ0) is 13.2. The Hall–Kier alpha value is -0.160. The maximum atomic E-state index is 5.34. The van der Waals surface area contributed by atoms with Crippen LogP contribution in [0.15, 0.2) is 0 Å². The minimum atomic E-state index is 0.641. The van der Waals surface area contributed by atoms with Crippen LogP contribution in [-0.4, -0.2) is 46.2 Å². The van der Waals surface area contributed by atoms with Crippen molar-refractivity contribution in [1.29, 1.82) is 0 Å². The lowest BCUT2D eigenvalue weighted by Gasteiger charge is -2.06. The molecule has 0 aliphatic rings. The first-order valence-corrected chi connectivity index (χ1v) is 6.85. The third kappa shape index (κ3) is 21.6. The van der Waals surface area contributed by atoms with Gasteiger partial charge in [0.05, 0.1) is 26.4 Å². The van der Waals surface area contributed by atoms with Gasteiger partial charge in [0.2, 0.25) is 0 Å². The third-order valence-electron chi connectivity index (χ3n) is 1.88. The monoisotopic (exact) mass is 249 g/mol. The summed E-state index contributed by atoms with van der Waals surface area (Å²) in [5, 5.41) is 0. The molecule has 0 aromatic heterocycles. The molecule has 0 unspecified atom stereocenters. The van der Waals surface area contributed by atoms with E-state index in [4.69, 9.17) is 19.9 Å². The predicted octanol–water partition coefficient (Wildman–Crippen LogP) is 2.21. The van der Waals surface area contributed by atoms with Gasteiger partial charge in [0.1, 0.15) is 0 Å². The molecule has 0 spiro atoms. The molecule has 0 saturated carbocycles. The van der Waals surface area contributed by atoms with E-state index < -0.39 is 0 Å². The Morgan fingerprint density at radius 3 is 1.53 bits per heavy atom. The summed E-state index contributed by atoms with van der Waals surface area (Å²) in [7, 11) is 0. The Labute approximate surface area is 107 Å². The summed E-state index contributed by atoms with van der Waals surface area (Å²) in [5.74, 6) is 0. The molecule has 0 aliphatic heterocycles. The first-order valence-electron chi connectivity index (χ1n) is 6.85. The molecular weight excluding hydrogens is 218 g/mol. The SMILES string of the molecule is CC.CCCCOCCOCCOCCCN. The molecule has 4 heteroatoms. The van der Waals surface area contributed by atoms with Crippen LogP contribution in [0.3, 0.4) is 0 Å². The molecular formula is C13H31NO3. The molecule has 0 radical (unpaired) electrons. The molecule has 0 rings (SSSR count). The topological polar surface area (TPSA) is 53.7 Å². The smallest absolute Gasteiger partial charge is 0.0701 e. The van der Waals surface area contributed by atoms with Crippen LogP contribution in [0, 0.1) is 0 Å². The van der Waals surface area contributed by atoms with Crippen molar-refractivity contribution in [3.63, 3.8) is 0 Å². The lowest BCUT2D eigenvalue weighted by Crippen LogP contribution is -2.11. The van der Waals surface area contributed by atoms with Gasteiger partial charge in [-0.2, -0.15) is 0 Å². The lowest BCUT2D eigenvalue weighted by molar-refractivity contribution is 0.0139. The maximum absolute atomic E-state index is 5.34. The van der Waals surface area contributed by atoms with Gasteiger partial charge >= 0.3 is 0 Å². The molecule has 0 aromatic rings. The van der Waals surface area contributed by atoms with Crippen LogP contribution in [0.1, 0.15) is 40.0 Å². The molecule has 0 fully saturated rings. The fourth-order valence-electron chi connectivity index (χ4n) is 0.974. The highest BCUT2D eigenvalue weighted by Gasteiger charge is 1.91. The highest BCUT2D eigenvalue weighted by atomic mass is 16.5. The summed E-state index contributed by atoms with van der Waals surface area (Å²) in [6.45, 7) is 11.0. The number of hydrogen-bond acceptors (Lipinski definition) is 4. The molecule has 0 atom stereocenters. The van der Waals surface area contributed by atoms with Gasteiger partial charge in [-0.1, -0.05) is 27.2 Å². The number of hydrogen-bond donors (Lipinski definition) is 1. The molecule has 17 heavy (non-hydrogen) atoms. The van der Waals surface area contributed by atoms with E-state index in [1.54, 1.807) is 0 Å². The Morgan fingerprint density at radius 2 is 1.12 bits per heavy atom. The van der Waals surface area contributed by atoms with Crippen molar-refractivity contribution in [3.8, 4) is 0 Å². The number of ether oxygens (including phenoxy) is 3. The Morgan fingerprint density at radius 1 is 0.706 bits per heavy atom. The van der Waals surface area contributed by atoms with E-state index in [0.717, 1.165) is 26.1 Å². The van der Waals surface area contributed by atoms with Crippen molar-refractivity contribution in [1.82, 2.24) is 0 Å². The average Bonchev–Trinajstić information content (AvgIpc) is 2.38. The maximum Gasteiger partial charge on any atom is 0.0701 e. The zero-order valence-corrected chi connectivity index (χ0v) is 11.9. The summed E-state index contributed by atoms with van der Waals surface area (Å²) >= 11 is 0. The fourth-order valence-corrected chi connectivity index (χ4v) is 0.974. The summed E-state index contributed by atoms with van der Waals surface area (Å²) < 4.78 is 15.9. The molecule has 106 valence electrons. The molecule has 0 aromatic carbocycles. The van der Waals surface area contributed by atoms with Gasteiger partial charge in [-0.05, 0) is 19.4 Å². The van der Waals surface area contributed by atoms with Crippen LogP contribution >= 0.6 is 0 Å². The summed E-state index contributed by atoms with van der Waals surface area (Å²) in [5.41, 5.74) is 5.32. The van der Waals surface area contributed by atoms with Crippen molar-refractivity contribution in [2.75, 3.05) is 46.2 Å². The van der Waals surface area contributed by atoms with E-state index in [2.05, 4.69) is 6.92 Å². The van der Waals surface area contributed by atoms with Gasteiger partial charge in [-0.25, -0.2) is 0 Å².